The Kier molecular flexibility index (Phi) is 5.72. The van der Waals surface area contributed by atoms with Gasteiger partial charge in [0.05, 0.1) is 6.10 Å². The topological polar surface area (TPSA) is 20.2 Å². The van der Waals surface area contributed by atoms with Gasteiger partial charge in [-0.25, -0.2) is 0 Å². The zero-order valence-corrected chi connectivity index (χ0v) is 9.30. The average molecular weight is 182 g/mol. The third kappa shape index (κ3) is 3.77. The van der Waals surface area contributed by atoms with Crippen LogP contribution in [0.4, 0.5) is 0 Å². The molecule has 1 aliphatic rings. The Morgan fingerprint density at radius 2 is 2.08 bits per heavy atom. The van der Waals surface area contributed by atoms with Crippen molar-refractivity contribution in [2.75, 3.05) is 0 Å². The molecule has 0 aromatic heterocycles. The SMILES string of the molecule is C=C(C)C1CC=C(C)C(O)C1.CC. The number of aliphatic hydroxyl groups is 1. The van der Waals surface area contributed by atoms with Crippen molar-refractivity contribution in [2.24, 2.45) is 5.92 Å². The van der Waals surface area contributed by atoms with Crippen LogP contribution in [0.5, 0.6) is 0 Å². The van der Waals surface area contributed by atoms with Crippen molar-refractivity contribution >= 4 is 0 Å². The lowest BCUT2D eigenvalue weighted by Crippen LogP contribution is -2.19. The maximum absolute atomic E-state index is 9.49. The Hall–Kier alpha value is -0.560. The van der Waals surface area contributed by atoms with Gasteiger partial charge in [-0.05, 0) is 38.2 Å². The van der Waals surface area contributed by atoms with Crippen LogP contribution in [-0.2, 0) is 0 Å². The zero-order chi connectivity index (χ0) is 10.4. The molecule has 0 saturated heterocycles. The number of rotatable bonds is 1. The minimum Gasteiger partial charge on any atom is -0.389 e. The molecule has 0 spiro atoms. The molecule has 13 heavy (non-hydrogen) atoms. The molecule has 2 atom stereocenters. The molecule has 76 valence electrons. The van der Waals surface area contributed by atoms with Crippen LogP contribution in [0, 0.1) is 5.92 Å². The van der Waals surface area contributed by atoms with E-state index in [0.717, 1.165) is 18.4 Å². The van der Waals surface area contributed by atoms with Gasteiger partial charge < -0.3 is 5.11 Å². The van der Waals surface area contributed by atoms with Gasteiger partial charge in [-0.1, -0.05) is 32.1 Å². The predicted octanol–water partition coefficient (Wildman–Crippen LogP) is 3.31. The largest absolute Gasteiger partial charge is 0.389 e. The molecule has 1 aliphatic carbocycles. The first-order valence-electron chi connectivity index (χ1n) is 5.11. The number of hydrogen-bond donors (Lipinski definition) is 1. The molecule has 0 saturated carbocycles. The first kappa shape index (κ1) is 12.4. The quantitative estimate of drug-likeness (QED) is 0.617. The lowest BCUT2D eigenvalue weighted by Gasteiger charge is -2.24. The van der Waals surface area contributed by atoms with Crippen LogP contribution < -0.4 is 0 Å². The maximum Gasteiger partial charge on any atom is 0.0753 e. The first-order valence-corrected chi connectivity index (χ1v) is 5.11. The van der Waals surface area contributed by atoms with E-state index in [9.17, 15) is 5.11 Å². The van der Waals surface area contributed by atoms with E-state index >= 15 is 0 Å². The second kappa shape index (κ2) is 5.98. The summed E-state index contributed by atoms with van der Waals surface area (Å²) in [7, 11) is 0. The molecule has 0 aliphatic heterocycles. The van der Waals surface area contributed by atoms with E-state index in [1.165, 1.54) is 5.57 Å². The summed E-state index contributed by atoms with van der Waals surface area (Å²) in [6.07, 6.45) is 3.80. The van der Waals surface area contributed by atoms with Gasteiger partial charge in [0.1, 0.15) is 0 Å². The molecule has 2 unspecified atom stereocenters. The van der Waals surface area contributed by atoms with E-state index < -0.39 is 0 Å². The summed E-state index contributed by atoms with van der Waals surface area (Å²) in [6, 6.07) is 0. The number of aliphatic hydroxyl groups excluding tert-OH is 1. The lowest BCUT2D eigenvalue weighted by atomic mass is 9.84. The minimum atomic E-state index is -0.231. The predicted molar refractivity (Wildman–Crippen MR) is 58.6 cm³/mol. The molecule has 0 radical (unpaired) electrons. The molecular formula is C12H22O. The molecule has 0 fully saturated rings. The molecule has 1 heteroatoms. The normalized spacial score (nSPS) is 27.0. The van der Waals surface area contributed by atoms with Crippen LogP contribution in [-0.4, -0.2) is 11.2 Å². The van der Waals surface area contributed by atoms with Crippen molar-refractivity contribution < 1.29 is 5.11 Å². The Morgan fingerprint density at radius 3 is 2.46 bits per heavy atom. The molecule has 0 bridgehead atoms. The van der Waals surface area contributed by atoms with E-state index in [1.807, 2.05) is 27.7 Å². The Morgan fingerprint density at radius 1 is 1.54 bits per heavy atom. The van der Waals surface area contributed by atoms with E-state index in [4.69, 9.17) is 0 Å². The van der Waals surface area contributed by atoms with Gasteiger partial charge in [0.15, 0.2) is 0 Å². The van der Waals surface area contributed by atoms with Crippen molar-refractivity contribution in [3.8, 4) is 0 Å². The van der Waals surface area contributed by atoms with Crippen molar-refractivity contribution in [3.05, 3.63) is 23.8 Å². The van der Waals surface area contributed by atoms with Crippen LogP contribution in [0.1, 0.15) is 40.5 Å². The molecule has 1 N–H and O–H groups in total. The van der Waals surface area contributed by atoms with E-state index in [1.54, 1.807) is 0 Å². The highest BCUT2D eigenvalue weighted by atomic mass is 16.3. The summed E-state index contributed by atoms with van der Waals surface area (Å²) in [5, 5.41) is 9.49. The monoisotopic (exact) mass is 182 g/mol. The Bertz CT molecular complexity index is 191. The molecule has 0 aromatic rings. The smallest absolute Gasteiger partial charge is 0.0753 e. The van der Waals surface area contributed by atoms with Crippen molar-refractivity contribution in [1.29, 1.82) is 0 Å². The molecule has 0 aromatic carbocycles. The van der Waals surface area contributed by atoms with Crippen LogP contribution in [0.2, 0.25) is 0 Å². The fourth-order valence-corrected chi connectivity index (χ4v) is 1.42. The van der Waals surface area contributed by atoms with Crippen molar-refractivity contribution in [3.63, 3.8) is 0 Å². The van der Waals surface area contributed by atoms with Crippen molar-refractivity contribution in [1.82, 2.24) is 0 Å². The van der Waals surface area contributed by atoms with Crippen LogP contribution in [0.15, 0.2) is 23.8 Å². The molecule has 1 nitrogen and oxygen atoms in total. The van der Waals surface area contributed by atoms with Crippen LogP contribution in [0.25, 0.3) is 0 Å². The Labute approximate surface area is 82.2 Å². The summed E-state index contributed by atoms with van der Waals surface area (Å²) in [6.45, 7) is 11.9. The highest BCUT2D eigenvalue weighted by Crippen LogP contribution is 2.27. The highest BCUT2D eigenvalue weighted by molar-refractivity contribution is 5.14. The van der Waals surface area contributed by atoms with Gasteiger partial charge in [-0.15, -0.1) is 0 Å². The summed E-state index contributed by atoms with van der Waals surface area (Å²) < 4.78 is 0. The molecule has 1 rings (SSSR count). The van der Waals surface area contributed by atoms with Gasteiger partial charge in [-0.3, -0.25) is 0 Å². The number of allylic oxidation sites excluding steroid dienone is 2. The summed E-state index contributed by atoms with van der Waals surface area (Å²) in [5.41, 5.74) is 2.30. The van der Waals surface area contributed by atoms with Gasteiger partial charge in [0, 0.05) is 0 Å². The lowest BCUT2D eigenvalue weighted by molar-refractivity contribution is 0.174. The van der Waals surface area contributed by atoms with E-state index in [-0.39, 0.29) is 6.10 Å². The van der Waals surface area contributed by atoms with E-state index in [2.05, 4.69) is 12.7 Å². The van der Waals surface area contributed by atoms with Gasteiger partial charge in [0.25, 0.3) is 0 Å². The van der Waals surface area contributed by atoms with Gasteiger partial charge in [0.2, 0.25) is 0 Å². The zero-order valence-electron chi connectivity index (χ0n) is 9.30. The minimum absolute atomic E-state index is 0.231. The Balaban J connectivity index is 0.000000671. The molecule has 0 heterocycles. The van der Waals surface area contributed by atoms with E-state index in [0.29, 0.717) is 5.92 Å². The fourth-order valence-electron chi connectivity index (χ4n) is 1.42. The van der Waals surface area contributed by atoms with Crippen LogP contribution >= 0.6 is 0 Å². The maximum atomic E-state index is 9.49. The molecule has 0 amide bonds. The summed E-state index contributed by atoms with van der Waals surface area (Å²) in [5.74, 6) is 0.494. The van der Waals surface area contributed by atoms with Gasteiger partial charge in [-0.2, -0.15) is 0 Å². The highest BCUT2D eigenvalue weighted by Gasteiger charge is 2.19. The third-order valence-corrected chi connectivity index (χ3v) is 2.45. The summed E-state index contributed by atoms with van der Waals surface area (Å²) in [4.78, 5) is 0. The first-order chi connectivity index (χ1) is 6.11. The standard InChI is InChI=1S/C10H16O.C2H6/c1-7(2)9-5-4-8(3)10(11)6-9;1-2/h4,9-11H,1,5-6H2,2-3H3;1-2H3. The van der Waals surface area contributed by atoms with Crippen molar-refractivity contribution in [2.45, 2.75) is 46.6 Å². The summed E-state index contributed by atoms with van der Waals surface area (Å²) >= 11 is 0. The van der Waals surface area contributed by atoms with Gasteiger partial charge >= 0.3 is 0 Å². The average Bonchev–Trinajstić information content (AvgIpc) is 2.13. The number of hydrogen-bond acceptors (Lipinski definition) is 1. The fraction of sp³-hybridized carbons (Fsp3) is 0.667. The second-order valence-corrected chi connectivity index (χ2v) is 3.48. The molecular weight excluding hydrogens is 160 g/mol. The van der Waals surface area contributed by atoms with Crippen LogP contribution in [0.3, 0.4) is 0 Å². The third-order valence-electron chi connectivity index (χ3n) is 2.45. The second-order valence-electron chi connectivity index (χ2n) is 3.48.